The zero-order valence-electron chi connectivity index (χ0n) is 13.4. The number of fused-ring (bicyclic) bond motifs is 1. The second-order valence-corrected chi connectivity index (χ2v) is 7.96. The van der Waals surface area contributed by atoms with Crippen molar-refractivity contribution in [2.75, 3.05) is 18.8 Å². The van der Waals surface area contributed by atoms with E-state index in [2.05, 4.69) is 37.1 Å². The SMILES string of the molecule is CC(C)(C)C(=O)ON1CC[C@@H](n2cc(I)c3c(N)ncnc32)C1. The summed E-state index contributed by atoms with van der Waals surface area (Å²) in [5.41, 5.74) is 6.29. The van der Waals surface area contributed by atoms with Gasteiger partial charge >= 0.3 is 5.97 Å². The predicted molar refractivity (Wildman–Crippen MR) is 95.4 cm³/mol. The van der Waals surface area contributed by atoms with Gasteiger partial charge in [0.2, 0.25) is 0 Å². The van der Waals surface area contributed by atoms with Gasteiger partial charge in [-0.2, -0.15) is 0 Å². The van der Waals surface area contributed by atoms with Gasteiger partial charge in [0.1, 0.15) is 17.8 Å². The Morgan fingerprint density at radius 1 is 1.43 bits per heavy atom. The fourth-order valence-electron chi connectivity index (χ4n) is 2.62. The van der Waals surface area contributed by atoms with Gasteiger partial charge in [0, 0.05) is 16.3 Å². The van der Waals surface area contributed by atoms with Gasteiger partial charge in [-0.25, -0.2) is 14.8 Å². The highest BCUT2D eigenvalue weighted by Gasteiger charge is 2.32. The molecule has 2 N–H and O–H groups in total. The minimum atomic E-state index is -0.505. The third-order valence-corrected chi connectivity index (χ3v) is 4.75. The van der Waals surface area contributed by atoms with E-state index < -0.39 is 5.41 Å². The number of carbonyl (C=O) groups is 1. The molecule has 3 rings (SSSR count). The Labute approximate surface area is 148 Å². The molecule has 0 bridgehead atoms. The maximum absolute atomic E-state index is 12.0. The Balaban J connectivity index is 1.80. The molecule has 3 heterocycles. The summed E-state index contributed by atoms with van der Waals surface area (Å²) in [6, 6.07) is 0.197. The molecule has 0 unspecified atom stereocenters. The molecule has 1 atom stereocenters. The van der Waals surface area contributed by atoms with Crippen LogP contribution in [-0.2, 0) is 9.63 Å². The maximum Gasteiger partial charge on any atom is 0.330 e. The number of hydroxylamine groups is 2. The van der Waals surface area contributed by atoms with Gasteiger partial charge in [-0.1, -0.05) is 0 Å². The molecule has 1 fully saturated rings. The molecule has 0 radical (unpaired) electrons. The number of hydrogen-bond acceptors (Lipinski definition) is 6. The number of nitrogens with zero attached hydrogens (tertiary/aromatic N) is 4. The van der Waals surface area contributed by atoms with E-state index in [1.165, 1.54) is 6.33 Å². The average Bonchev–Trinajstić information content (AvgIpc) is 3.03. The lowest BCUT2D eigenvalue weighted by Gasteiger charge is -2.22. The molecule has 0 aromatic carbocycles. The highest BCUT2D eigenvalue weighted by Crippen LogP contribution is 2.31. The molecule has 7 nitrogen and oxygen atoms in total. The van der Waals surface area contributed by atoms with Gasteiger partial charge in [-0.15, -0.1) is 5.06 Å². The summed E-state index contributed by atoms with van der Waals surface area (Å²) in [5, 5.41) is 2.62. The van der Waals surface area contributed by atoms with E-state index in [0.29, 0.717) is 18.9 Å². The quantitative estimate of drug-likeness (QED) is 0.738. The van der Waals surface area contributed by atoms with E-state index in [4.69, 9.17) is 10.6 Å². The first kappa shape index (κ1) is 16.4. The number of halogens is 1. The second kappa shape index (κ2) is 5.90. The van der Waals surface area contributed by atoms with E-state index in [0.717, 1.165) is 21.0 Å². The Bertz CT molecular complexity index is 752. The van der Waals surface area contributed by atoms with Crippen molar-refractivity contribution in [2.45, 2.75) is 33.2 Å². The lowest BCUT2D eigenvalue weighted by atomic mass is 9.98. The van der Waals surface area contributed by atoms with E-state index >= 15 is 0 Å². The van der Waals surface area contributed by atoms with Crippen molar-refractivity contribution in [1.29, 1.82) is 0 Å². The molecule has 0 aliphatic carbocycles. The van der Waals surface area contributed by atoms with Gasteiger partial charge in [0.05, 0.1) is 23.4 Å². The van der Waals surface area contributed by atoms with Crippen molar-refractivity contribution in [1.82, 2.24) is 19.6 Å². The molecule has 1 saturated heterocycles. The summed E-state index contributed by atoms with van der Waals surface area (Å²) in [5.74, 6) is 0.281. The third kappa shape index (κ3) is 3.14. The first-order chi connectivity index (χ1) is 10.8. The Hall–Kier alpha value is -1.42. The minimum Gasteiger partial charge on any atom is -0.383 e. The molecule has 0 saturated carbocycles. The lowest BCUT2D eigenvalue weighted by molar-refractivity contribution is -0.195. The minimum absolute atomic E-state index is 0.197. The van der Waals surface area contributed by atoms with Crippen LogP contribution in [-0.4, -0.2) is 38.7 Å². The van der Waals surface area contributed by atoms with E-state index in [9.17, 15) is 4.79 Å². The van der Waals surface area contributed by atoms with E-state index in [-0.39, 0.29) is 12.0 Å². The molecule has 23 heavy (non-hydrogen) atoms. The second-order valence-electron chi connectivity index (χ2n) is 6.80. The maximum atomic E-state index is 12.0. The lowest BCUT2D eigenvalue weighted by Crippen LogP contribution is -2.32. The highest BCUT2D eigenvalue weighted by molar-refractivity contribution is 14.1. The molecular weight excluding hydrogens is 409 g/mol. The number of rotatable bonds is 2. The fourth-order valence-corrected chi connectivity index (χ4v) is 3.43. The van der Waals surface area contributed by atoms with Crippen LogP contribution < -0.4 is 5.73 Å². The van der Waals surface area contributed by atoms with Gasteiger partial charge < -0.3 is 15.1 Å². The van der Waals surface area contributed by atoms with Crippen molar-refractivity contribution in [2.24, 2.45) is 5.41 Å². The number of anilines is 1. The predicted octanol–water partition coefficient (Wildman–Crippen LogP) is 2.37. The Morgan fingerprint density at radius 2 is 2.17 bits per heavy atom. The van der Waals surface area contributed by atoms with Crippen LogP contribution >= 0.6 is 22.6 Å². The van der Waals surface area contributed by atoms with Crippen LogP contribution in [0.25, 0.3) is 11.0 Å². The van der Waals surface area contributed by atoms with E-state index in [1.807, 2.05) is 27.0 Å². The third-order valence-electron chi connectivity index (χ3n) is 3.94. The van der Waals surface area contributed by atoms with Gasteiger partial charge in [0.15, 0.2) is 0 Å². The first-order valence-corrected chi connectivity index (χ1v) is 8.59. The summed E-state index contributed by atoms with van der Waals surface area (Å²) in [4.78, 5) is 25.9. The van der Waals surface area contributed by atoms with Crippen molar-refractivity contribution >= 4 is 45.4 Å². The number of carbonyl (C=O) groups excluding carboxylic acids is 1. The van der Waals surface area contributed by atoms with Gasteiger partial charge in [-0.05, 0) is 49.8 Å². The van der Waals surface area contributed by atoms with Gasteiger partial charge in [0.25, 0.3) is 0 Å². The van der Waals surface area contributed by atoms with Crippen LogP contribution in [0.5, 0.6) is 0 Å². The molecule has 2 aromatic rings. The van der Waals surface area contributed by atoms with Gasteiger partial charge in [-0.3, -0.25) is 0 Å². The zero-order valence-corrected chi connectivity index (χ0v) is 15.6. The largest absolute Gasteiger partial charge is 0.383 e. The highest BCUT2D eigenvalue weighted by atomic mass is 127. The molecule has 8 heteroatoms. The monoisotopic (exact) mass is 429 g/mol. The summed E-state index contributed by atoms with van der Waals surface area (Å²) >= 11 is 2.25. The van der Waals surface area contributed by atoms with Crippen LogP contribution in [0.1, 0.15) is 33.2 Å². The standard InChI is InChI=1S/C15H20IN5O2/c1-15(2,3)14(22)23-20-5-4-9(6-20)21-7-10(16)11-12(17)18-8-19-13(11)21/h7-9H,4-6H2,1-3H3,(H2,17,18,19)/t9-/m1/s1. The first-order valence-electron chi connectivity index (χ1n) is 7.51. The molecule has 124 valence electrons. The summed E-state index contributed by atoms with van der Waals surface area (Å²) < 4.78 is 3.14. The van der Waals surface area contributed by atoms with Crippen LogP contribution in [0.2, 0.25) is 0 Å². The van der Waals surface area contributed by atoms with Crippen LogP contribution in [0, 0.1) is 8.99 Å². The zero-order chi connectivity index (χ0) is 16.8. The van der Waals surface area contributed by atoms with Crippen LogP contribution in [0.3, 0.4) is 0 Å². The normalized spacial score (nSPS) is 19.4. The molecular formula is C15H20IN5O2. The molecule has 0 spiro atoms. The topological polar surface area (TPSA) is 86.3 Å². The number of aromatic nitrogens is 3. The van der Waals surface area contributed by atoms with Crippen LogP contribution in [0.4, 0.5) is 5.82 Å². The van der Waals surface area contributed by atoms with Crippen molar-refractivity contribution in [3.05, 3.63) is 16.1 Å². The molecule has 1 aliphatic heterocycles. The summed E-state index contributed by atoms with van der Waals surface area (Å²) in [6.45, 7) is 6.91. The smallest absolute Gasteiger partial charge is 0.330 e. The van der Waals surface area contributed by atoms with Crippen LogP contribution in [0.15, 0.2) is 12.5 Å². The fraction of sp³-hybridized carbons (Fsp3) is 0.533. The Morgan fingerprint density at radius 3 is 2.87 bits per heavy atom. The summed E-state index contributed by atoms with van der Waals surface area (Å²) in [7, 11) is 0. The number of nitrogens with two attached hydrogens (primary N) is 1. The Kier molecular flexibility index (Phi) is 4.21. The van der Waals surface area contributed by atoms with E-state index in [1.54, 1.807) is 5.06 Å². The number of hydrogen-bond donors (Lipinski definition) is 1. The molecule has 0 amide bonds. The van der Waals surface area contributed by atoms with Crippen molar-refractivity contribution in [3.63, 3.8) is 0 Å². The summed E-state index contributed by atoms with van der Waals surface area (Å²) in [6.07, 6.45) is 4.41. The van der Waals surface area contributed by atoms with Crippen molar-refractivity contribution < 1.29 is 9.63 Å². The molecule has 1 aliphatic rings. The average molecular weight is 429 g/mol. The van der Waals surface area contributed by atoms with Crippen molar-refractivity contribution in [3.8, 4) is 0 Å². The molecule has 2 aromatic heterocycles. The number of nitrogen functional groups attached to an aromatic ring is 1.